The van der Waals surface area contributed by atoms with E-state index in [1.807, 2.05) is 32.0 Å². The Bertz CT molecular complexity index is 951. The van der Waals surface area contributed by atoms with Crippen molar-refractivity contribution in [3.05, 3.63) is 62.0 Å². The first-order valence-corrected chi connectivity index (χ1v) is 9.17. The number of aromatic nitrogens is 2. The van der Waals surface area contributed by atoms with Crippen molar-refractivity contribution in [1.29, 1.82) is 0 Å². The summed E-state index contributed by atoms with van der Waals surface area (Å²) >= 11 is 1.65. The highest BCUT2D eigenvalue weighted by Gasteiger charge is 2.18. The van der Waals surface area contributed by atoms with Crippen LogP contribution in [0.3, 0.4) is 0 Å². The van der Waals surface area contributed by atoms with Crippen molar-refractivity contribution in [2.24, 2.45) is 0 Å². The van der Waals surface area contributed by atoms with Gasteiger partial charge in [-0.2, -0.15) is 0 Å². The van der Waals surface area contributed by atoms with Gasteiger partial charge in [0.05, 0.1) is 5.69 Å². The van der Waals surface area contributed by atoms with E-state index in [0.29, 0.717) is 12.3 Å². The third-order valence-electron chi connectivity index (χ3n) is 4.59. The minimum atomic E-state index is 0.0134. The number of nitrogens with zero attached hydrogens (tertiary/aromatic N) is 2. The van der Waals surface area contributed by atoms with Gasteiger partial charge in [-0.1, -0.05) is 18.2 Å². The Labute approximate surface area is 144 Å². The van der Waals surface area contributed by atoms with Gasteiger partial charge in [0.1, 0.15) is 12.4 Å². The third-order valence-corrected chi connectivity index (χ3v) is 5.73. The van der Waals surface area contributed by atoms with Gasteiger partial charge >= 0.3 is 0 Å². The highest BCUT2D eigenvalue weighted by molar-refractivity contribution is 7.17. The van der Waals surface area contributed by atoms with Crippen LogP contribution < -0.4 is 10.3 Å². The van der Waals surface area contributed by atoms with Crippen LogP contribution in [0.2, 0.25) is 0 Å². The molecule has 1 aliphatic carbocycles. The van der Waals surface area contributed by atoms with Crippen LogP contribution in [0.15, 0.2) is 29.1 Å². The van der Waals surface area contributed by atoms with Crippen molar-refractivity contribution in [2.45, 2.75) is 46.1 Å². The maximum atomic E-state index is 12.6. The summed E-state index contributed by atoms with van der Waals surface area (Å²) in [6.07, 6.45) is 4.41. The molecule has 1 aliphatic rings. The van der Waals surface area contributed by atoms with E-state index >= 15 is 0 Å². The van der Waals surface area contributed by atoms with Crippen molar-refractivity contribution < 1.29 is 4.74 Å². The van der Waals surface area contributed by atoms with Crippen molar-refractivity contribution >= 4 is 16.3 Å². The van der Waals surface area contributed by atoms with E-state index < -0.39 is 0 Å². The van der Waals surface area contributed by atoms with Gasteiger partial charge in [-0.05, 0) is 50.7 Å². The zero-order valence-corrected chi connectivity index (χ0v) is 14.8. The van der Waals surface area contributed by atoms with E-state index in [0.717, 1.165) is 41.1 Å². The maximum absolute atomic E-state index is 12.6. The Morgan fingerprint density at radius 2 is 1.96 bits per heavy atom. The Morgan fingerprint density at radius 1 is 1.21 bits per heavy atom. The summed E-state index contributed by atoms with van der Waals surface area (Å²) in [6, 6.07) is 7.69. The molecule has 0 fully saturated rings. The van der Waals surface area contributed by atoms with Crippen molar-refractivity contribution in [3.8, 4) is 5.75 Å². The summed E-state index contributed by atoms with van der Waals surface area (Å²) in [6.45, 7) is 4.38. The van der Waals surface area contributed by atoms with Crippen LogP contribution >= 0.6 is 11.3 Å². The standard InChI is InChI=1S/C19H20N2O2S/c1-12-6-5-7-13(2)18(12)23-11-14-10-17(22)21-15-8-3-4-9-16(15)24-19(21)20-14/h5-7,10H,3-4,8-9,11H2,1-2H3. The highest BCUT2D eigenvalue weighted by Crippen LogP contribution is 2.28. The Morgan fingerprint density at radius 3 is 2.75 bits per heavy atom. The second-order valence-corrected chi connectivity index (χ2v) is 7.45. The number of fused-ring (bicyclic) bond motifs is 3. The van der Waals surface area contributed by atoms with Crippen LogP contribution in [-0.2, 0) is 19.4 Å². The van der Waals surface area contributed by atoms with Gasteiger partial charge in [0.15, 0.2) is 4.96 Å². The quantitative estimate of drug-likeness (QED) is 0.728. The van der Waals surface area contributed by atoms with Gasteiger partial charge < -0.3 is 4.74 Å². The third kappa shape index (κ3) is 2.63. The van der Waals surface area contributed by atoms with Gasteiger partial charge in [0.25, 0.3) is 5.56 Å². The SMILES string of the molecule is Cc1cccc(C)c1OCc1cc(=O)n2c3c(sc2n1)CCCC3. The molecule has 0 saturated carbocycles. The lowest BCUT2D eigenvalue weighted by atomic mass is 10.0. The number of hydrogen-bond donors (Lipinski definition) is 0. The molecule has 124 valence electrons. The summed E-state index contributed by atoms with van der Waals surface area (Å²) in [5.74, 6) is 0.880. The van der Waals surface area contributed by atoms with Gasteiger partial charge in [0, 0.05) is 16.6 Å². The van der Waals surface area contributed by atoms with E-state index in [4.69, 9.17) is 4.74 Å². The van der Waals surface area contributed by atoms with Crippen molar-refractivity contribution in [1.82, 2.24) is 9.38 Å². The Balaban J connectivity index is 1.67. The van der Waals surface area contributed by atoms with E-state index in [1.165, 1.54) is 17.0 Å². The number of hydrogen-bond acceptors (Lipinski definition) is 4. The second-order valence-electron chi connectivity index (χ2n) is 6.39. The highest BCUT2D eigenvalue weighted by atomic mass is 32.1. The molecule has 4 rings (SSSR count). The fourth-order valence-electron chi connectivity index (χ4n) is 3.39. The molecule has 0 spiro atoms. The molecule has 1 aromatic carbocycles. The van der Waals surface area contributed by atoms with E-state index in [-0.39, 0.29) is 5.56 Å². The first-order valence-electron chi connectivity index (χ1n) is 8.36. The molecule has 4 nitrogen and oxygen atoms in total. The molecule has 3 aromatic rings. The average molecular weight is 340 g/mol. The van der Waals surface area contributed by atoms with Crippen molar-refractivity contribution in [2.75, 3.05) is 0 Å². The molecule has 0 aliphatic heterocycles. The average Bonchev–Trinajstić information content (AvgIpc) is 2.93. The molecule has 0 saturated heterocycles. The predicted octanol–water partition coefficient (Wildman–Crippen LogP) is 3.83. The molecule has 2 heterocycles. The van der Waals surface area contributed by atoms with E-state index in [9.17, 15) is 4.79 Å². The largest absolute Gasteiger partial charge is 0.487 e. The molecule has 0 N–H and O–H groups in total. The number of benzene rings is 1. The van der Waals surface area contributed by atoms with Crippen molar-refractivity contribution in [3.63, 3.8) is 0 Å². The zero-order valence-electron chi connectivity index (χ0n) is 14.0. The molecule has 0 amide bonds. The summed E-state index contributed by atoms with van der Waals surface area (Å²) in [5, 5.41) is 0. The van der Waals surface area contributed by atoms with Gasteiger partial charge in [-0.3, -0.25) is 9.20 Å². The number of rotatable bonds is 3. The zero-order chi connectivity index (χ0) is 16.7. The first kappa shape index (κ1) is 15.4. The second kappa shape index (κ2) is 6.06. The Kier molecular flexibility index (Phi) is 3.88. The molecule has 0 bridgehead atoms. The minimum Gasteiger partial charge on any atom is -0.487 e. The summed E-state index contributed by atoms with van der Waals surface area (Å²) < 4.78 is 7.75. The lowest BCUT2D eigenvalue weighted by molar-refractivity contribution is 0.297. The minimum absolute atomic E-state index is 0.0134. The first-order chi connectivity index (χ1) is 11.6. The molecule has 0 unspecified atom stereocenters. The topological polar surface area (TPSA) is 43.6 Å². The monoisotopic (exact) mass is 340 g/mol. The van der Waals surface area contributed by atoms with Crippen LogP contribution in [0.4, 0.5) is 0 Å². The lowest BCUT2D eigenvalue weighted by Gasteiger charge is -2.12. The molecule has 24 heavy (non-hydrogen) atoms. The number of para-hydroxylation sites is 1. The van der Waals surface area contributed by atoms with Gasteiger partial charge in [-0.25, -0.2) is 4.98 Å². The lowest BCUT2D eigenvalue weighted by Crippen LogP contribution is -2.18. The summed E-state index contributed by atoms with van der Waals surface area (Å²) in [7, 11) is 0. The number of thiazole rings is 1. The van der Waals surface area contributed by atoms with Crippen LogP contribution in [0.25, 0.3) is 4.96 Å². The van der Waals surface area contributed by atoms with Crippen LogP contribution in [-0.4, -0.2) is 9.38 Å². The van der Waals surface area contributed by atoms with Gasteiger partial charge in [-0.15, -0.1) is 11.3 Å². The molecule has 2 aromatic heterocycles. The van der Waals surface area contributed by atoms with Crippen LogP contribution in [0.5, 0.6) is 5.75 Å². The van der Waals surface area contributed by atoms with E-state index in [1.54, 1.807) is 21.8 Å². The molecule has 5 heteroatoms. The van der Waals surface area contributed by atoms with Crippen LogP contribution in [0, 0.1) is 13.8 Å². The molecular weight excluding hydrogens is 320 g/mol. The fraction of sp³-hybridized carbons (Fsp3) is 0.368. The number of aryl methyl sites for hydroxylation is 4. The summed E-state index contributed by atoms with van der Waals surface area (Å²) in [5.41, 5.74) is 4.07. The van der Waals surface area contributed by atoms with Gasteiger partial charge in [0.2, 0.25) is 0 Å². The van der Waals surface area contributed by atoms with E-state index in [2.05, 4.69) is 4.98 Å². The van der Waals surface area contributed by atoms with Crippen LogP contribution in [0.1, 0.15) is 40.2 Å². The smallest absolute Gasteiger partial charge is 0.259 e. The normalized spacial score (nSPS) is 13.9. The summed E-state index contributed by atoms with van der Waals surface area (Å²) in [4.78, 5) is 19.3. The molecule has 0 atom stereocenters. The number of ether oxygens (including phenoxy) is 1. The molecule has 0 radical (unpaired) electrons. The predicted molar refractivity (Wildman–Crippen MR) is 96.2 cm³/mol. The molecular formula is C19H20N2O2S. The Hall–Kier alpha value is -2.14. The fourth-order valence-corrected chi connectivity index (χ4v) is 4.62. The maximum Gasteiger partial charge on any atom is 0.259 e.